The molecule has 26 heavy (non-hydrogen) atoms. The van der Waals surface area contributed by atoms with Crippen LogP contribution in [0.15, 0.2) is 60.7 Å². The molecular formula is C19H18O7. The Morgan fingerprint density at radius 2 is 1.19 bits per heavy atom. The molecule has 2 aromatic rings. The highest BCUT2D eigenvalue weighted by atomic mass is 16.7. The summed E-state index contributed by atoms with van der Waals surface area (Å²) in [7, 11) is 0. The SMILES string of the molecule is O=C(OCC1(COC(=O)Oc2ccccc2)COC1)Oc1ccccc1. The summed E-state index contributed by atoms with van der Waals surface area (Å²) >= 11 is 0. The summed E-state index contributed by atoms with van der Waals surface area (Å²) in [6, 6.07) is 17.2. The van der Waals surface area contributed by atoms with Crippen LogP contribution in [0.3, 0.4) is 0 Å². The average molecular weight is 358 g/mol. The summed E-state index contributed by atoms with van der Waals surface area (Å²) in [4.78, 5) is 23.5. The fourth-order valence-electron chi connectivity index (χ4n) is 2.25. The van der Waals surface area contributed by atoms with E-state index < -0.39 is 17.7 Å². The van der Waals surface area contributed by atoms with Gasteiger partial charge in [-0.2, -0.15) is 0 Å². The van der Waals surface area contributed by atoms with Crippen LogP contribution in [0.2, 0.25) is 0 Å². The average Bonchev–Trinajstić information content (AvgIpc) is 2.62. The molecule has 1 heterocycles. The zero-order valence-corrected chi connectivity index (χ0v) is 14.0. The predicted octanol–water partition coefficient (Wildman–Crippen LogP) is 3.43. The minimum atomic E-state index is -0.825. The van der Waals surface area contributed by atoms with Gasteiger partial charge < -0.3 is 23.7 Å². The standard InChI is InChI=1S/C19H18O7/c20-17(25-15-7-3-1-4-8-15)23-13-19(11-22-12-19)14-24-18(21)26-16-9-5-2-6-10-16/h1-10H,11-14H2. The van der Waals surface area contributed by atoms with Gasteiger partial charge in [0.15, 0.2) is 0 Å². The van der Waals surface area contributed by atoms with E-state index in [1.54, 1.807) is 48.5 Å². The summed E-state index contributed by atoms with van der Waals surface area (Å²) in [5, 5.41) is 0. The maximum atomic E-state index is 11.8. The second kappa shape index (κ2) is 8.35. The van der Waals surface area contributed by atoms with E-state index >= 15 is 0 Å². The molecule has 0 radical (unpaired) electrons. The van der Waals surface area contributed by atoms with Gasteiger partial charge in [0.1, 0.15) is 24.7 Å². The van der Waals surface area contributed by atoms with Gasteiger partial charge in [-0.3, -0.25) is 0 Å². The summed E-state index contributed by atoms with van der Waals surface area (Å²) in [5.41, 5.74) is -0.592. The van der Waals surface area contributed by atoms with Gasteiger partial charge in [-0.05, 0) is 24.3 Å². The molecule has 0 amide bonds. The molecule has 136 valence electrons. The number of benzene rings is 2. The third-order valence-corrected chi connectivity index (χ3v) is 3.70. The van der Waals surface area contributed by atoms with Crippen molar-refractivity contribution in [1.82, 2.24) is 0 Å². The Hall–Kier alpha value is -3.06. The third kappa shape index (κ3) is 4.97. The first-order valence-electron chi connectivity index (χ1n) is 8.02. The molecular weight excluding hydrogens is 340 g/mol. The van der Waals surface area contributed by atoms with Crippen molar-refractivity contribution < 1.29 is 33.3 Å². The molecule has 0 unspecified atom stereocenters. The molecule has 3 rings (SSSR count). The lowest BCUT2D eigenvalue weighted by Crippen LogP contribution is -2.50. The third-order valence-electron chi connectivity index (χ3n) is 3.70. The second-order valence-corrected chi connectivity index (χ2v) is 5.90. The van der Waals surface area contributed by atoms with Gasteiger partial charge in [-0.25, -0.2) is 9.59 Å². The number of ether oxygens (including phenoxy) is 5. The Labute approximate surface area is 150 Å². The number of hydrogen-bond acceptors (Lipinski definition) is 7. The van der Waals surface area contributed by atoms with E-state index in [4.69, 9.17) is 23.7 Å². The van der Waals surface area contributed by atoms with Gasteiger partial charge in [0, 0.05) is 0 Å². The van der Waals surface area contributed by atoms with Crippen LogP contribution in [0.25, 0.3) is 0 Å². The van der Waals surface area contributed by atoms with E-state index in [2.05, 4.69) is 0 Å². The van der Waals surface area contributed by atoms with E-state index in [0.717, 1.165) is 0 Å². The normalized spacial score (nSPS) is 14.6. The Bertz CT molecular complexity index is 667. The zero-order valence-electron chi connectivity index (χ0n) is 14.0. The Morgan fingerprint density at radius 1 is 0.769 bits per heavy atom. The smallest absolute Gasteiger partial charge is 0.433 e. The van der Waals surface area contributed by atoms with E-state index in [1.165, 1.54) is 0 Å². The minimum absolute atomic E-state index is 0.0112. The van der Waals surface area contributed by atoms with Crippen LogP contribution >= 0.6 is 0 Å². The number of carbonyl (C=O) groups excluding carboxylic acids is 2. The lowest BCUT2D eigenvalue weighted by molar-refractivity contribution is -0.162. The fraction of sp³-hybridized carbons (Fsp3) is 0.263. The number of hydrogen-bond donors (Lipinski definition) is 0. The van der Waals surface area contributed by atoms with Crippen molar-refractivity contribution in [2.45, 2.75) is 0 Å². The van der Waals surface area contributed by atoms with Gasteiger partial charge in [-0.1, -0.05) is 36.4 Å². The fourth-order valence-corrected chi connectivity index (χ4v) is 2.25. The first-order chi connectivity index (χ1) is 12.7. The van der Waals surface area contributed by atoms with Gasteiger partial charge in [0.05, 0.1) is 18.6 Å². The van der Waals surface area contributed by atoms with Crippen molar-refractivity contribution in [2.24, 2.45) is 5.41 Å². The first kappa shape index (κ1) is 17.8. The molecule has 1 fully saturated rings. The van der Waals surface area contributed by atoms with Gasteiger partial charge in [0.25, 0.3) is 0 Å². The summed E-state index contributed by atoms with van der Waals surface area (Å²) in [5.74, 6) is 0.776. The van der Waals surface area contributed by atoms with Crippen LogP contribution in [-0.4, -0.2) is 38.7 Å². The van der Waals surface area contributed by atoms with Crippen molar-refractivity contribution in [3.8, 4) is 11.5 Å². The van der Waals surface area contributed by atoms with Crippen LogP contribution < -0.4 is 9.47 Å². The molecule has 1 saturated heterocycles. The van der Waals surface area contributed by atoms with E-state index in [9.17, 15) is 9.59 Å². The van der Waals surface area contributed by atoms with Crippen LogP contribution in [0, 0.1) is 5.41 Å². The largest absolute Gasteiger partial charge is 0.513 e. The number of para-hydroxylation sites is 2. The molecule has 2 aromatic carbocycles. The molecule has 1 aliphatic rings. The monoisotopic (exact) mass is 358 g/mol. The lowest BCUT2D eigenvalue weighted by Gasteiger charge is -2.39. The Kier molecular flexibility index (Phi) is 5.70. The second-order valence-electron chi connectivity index (χ2n) is 5.90. The minimum Gasteiger partial charge on any atom is -0.433 e. The highest BCUT2D eigenvalue weighted by Gasteiger charge is 2.42. The molecule has 7 heteroatoms. The van der Waals surface area contributed by atoms with Crippen LogP contribution in [0.5, 0.6) is 11.5 Å². The van der Waals surface area contributed by atoms with Gasteiger partial charge in [0.2, 0.25) is 0 Å². The Balaban J connectivity index is 1.43. The van der Waals surface area contributed by atoms with Crippen molar-refractivity contribution >= 4 is 12.3 Å². The summed E-state index contributed by atoms with van der Waals surface area (Å²) < 4.78 is 25.5. The quantitative estimate of drug-likeness (QED) is 0.578. The molecule has 0 aromatic heterocycles. The molecule has 0 atom stereocenters. The molecule has 0 saturated carbocycles. The maximum Gasteiger partial charge on any atom is 0.513 e. The van der Waals surface area contributed by atoms with Crippen LogP contribution in [0.4, 0.5) is 9.59 Å². The van der Waals surface area contributed by atoms with Crippen LogP contribution in [-0.2, 0) is 14.2 Å². The summed E-state index contributed by atoms with van der Waals surface area (Å²) in [6.45, 7) is 0.642. The van der Waals surface area contributed by atoms with Gasteiger partial charge in [-0.15, -0.1) is 0 Å². The Morgan fingerprint density at radius 3 is 1.54 bits per heavy atom. The van der Waals surface area contributed by atoms with Crippen LogP contribution in [0.1, 0.15) is 0 Å². The molecule has 0 N–H and O–H groups in total. The topological polar surface area (TPSA) is 80.3 Å². The van der Waals surface area contributed by atoms with E-state index in [-0.39, 0.29) is 13.2 Å². The molecule has 1 aliphatic heterocycles. The highest BCUT2D eigenvalue weighted by Crippen LogP contribution is 2.29. The summed E-state index contributed by atoms with van der Waals surface area (Å²) in [6.07, 6.45) is -1.65. The van der Waals surface area contributed by atoms with Gasteiger partial charge >= 0.3 is 12.3 Å². The predicted molar refractivity (Wildman–Crippen MR) is 90.1 cm³/mol. The number of rotatable bonds is 6. The first-order valence-corrected chi connectivity index (χ1v) is 8.02. The zero-order chi connectivity index (χ0) is 18.2. The molecule has 0 bridgehead atoms. The van der Waals surface area contributed by atoms with Crippen molar-refractivity contribution in [1.29, 1.82) is 0 Å². The molecule has 0 spiro atoms. The van der Waals surface area contributed by atoms with Crippen molar-refractivity contribution in [3.05, 3.63) is 60.7 Å². The molecule has 7 nitrogen and oxygen atoms in total. The highest BCUT2D eigenvalue weighted by molar-refractivity contribution is 5.64. The van der Waals surface area contributed by atoms with Crippen molar-refractivity contribution in [3.63, 3.8) is 0 Å². The number of carbonyl (C=O) groups is 2. The van der Waals surface area contributed by atoms with Crippen molar-refractivity contribution in [2.75, 3.05) is 26.4 Å². The van der Waals surface area contributed by atoms with E-state index in [0.29, 0.717) is 24.7 Å². The lowest BCUT2D eigenvalue weighted by atomic mass is 9.88. The van der Waals surface area contributed by atoms with E-state index in [1.807, 2.05) is 12.1 Å². The molecule has 0 aliphatic carbocycles. The maximum absolute atomic E-state index is 11.8.